The van der Waals surface area contributed by atoms with Crippen molar-refractivity contribution >= 4 is 34.1 Å². The fourth-order valence-electron chi connectivity index (χ4n) is 2.60. The molecule has 3 aromatic rings. The Morgan fingerprint density at radius 3 is 2.65 bits per heavy atom. The van der Waals surface area contributed by atoms with Crippen molar-refractivity contribution in [3.05, 3.63) is 75.0 Å². The largest absolute Gasteiger partial charge is 0.348 e. The quantitative estimate of drug-likeness (QED) is 0.779. The van der Waals surface area contributed by atoms with E-state index in [0.717, 1.165) is 5.56 Å². The molecule has 0 saturated heterocycles. The number of rotatable bonds is 2. The number of hydrogen-bond donors (Lipinski definition) is 1. The van der Waals surface area contributed by atoms with E-state index in [1.807, 2.05) is 25.1 Å². The molecule has 0 aliphatic rings. The Labute approximate surface area is 138 Å². The highest BCUT2D eigenvalue weighted by atomic mass is 35.5. The zero-order valence-corrected chi connectivity index (χ0v) is 13.5. The van der Waals surface area contributed by atoms with Crippen LogP contribution in [0.1, 0.15) is 15.9 Å². The van der Waals surface area contributed by atoms with Crippen molar-refractivity contribution in [2.75, 3.05) is 5.32 Å². The van der Waals surface area contributed by atoms with Gasteiger partial charge in [0.2, 0.25) is 5.43 Å². The fourth-order valence-corrected chi connectivity index (χ4v) is 2.91. The number of carbonyl (C=O) groups is 1. The Kier molecular flexibility index (Phi) is 3.92. The number of pyridine rings is 1. The van der Waals surface area contributed by atoms with Crippen molar-refractivity contribution in [2.24, 2.45) is 7.05 Å². The van der Waals surface area contributed by atoms with E-state index in [1.54, 1.807) is 35.9 Å². The first-order valence-electron chi connectivity index (χ1n) is 7.13. The van der Waals surface area contributed by atoms with Crippen LogP contribution in [0.2, 0.25) is 5.02 Å². The predicted molar refractivity (Wildman–Crippen MR) is 93.3 cm³/mol. The van der Waals surface area contributed by atoms with Crippen LogP contribution in [-0.4, -0.2) is 10.5 Å². The maximum atomic E-state index is 12.6. The number of fused-ring (bicyclic) bond motifs is 1. The lowest BCUT2D eigenvalue weighted by molar-refractivity contribution is 0.102. The van der Waals surface area contributed by atoms with Crippen molar-refractivity contribution in [3.8, 4) is 0 Å². The summed E-state index contributed by atoms with van der Waals surface area (Å²) in [4.78, 5) is 25.1. The molecule has 4 nitrogen and oxygen atoms in total. The third-order valence-electron chi connectivity index (χ3n) is 3.67. The first-order chi connectivity index (χ1) is 11.0. The highest BCUT2D eigenvalue weighted by Gasteiger charge is 2.16. The van der Waals surface area contributed by atoms with E-state index in [1.165, 1.54) is 6.20 Å². The number of aromatic nitrogens is 1. The second-order valence-corrected chi connectivity index (χ2v) is 5.85. The first kappa shape index (κ1) is 15.3. The molecule has 116 valence electrons. The maximum Gasteiger partial charge on any atom is 0.261 e. The van der Waals surface area contributed by atoms with Gasteiger partial charge in [0, 0.05) is 24.3 Å². The molecular formula is C18H15ClN2O2. The molecule has 1 N–H and O–H groups in total. The summed E-state index contributed by atoms with van der Waals surface area (Å²) in [6.07, 6.45) is 1.52. The second kappa shape index (κ2) is 5.89. The van der Waals surface area contributed by atoms with E-state index >= 15 is 0 Å². The van der Waals surface area contributed by atoms with Crippen LogP contribution < -0.4 is 10.7 Å². The van der Waals surface area contributed by atoms with Crippen LogP contribution in [-0.2, 0) is 7.05 Å². The number of carbonyl (C=O) groups excluding carboxylic acids is 1. The van der Waals surface area contributed by atoms with Gasteiger partial charge in [-0.25, -0.2) is 0 Å². The van der Waals surface area contributed by atoms with Crippen LogP contribution in [0.15, 0.2) is 53.5 Å². The van der Waals surface area contributed by atoms with Crippen molar-refractivity contribution in [3.63, 3.8) is 0 Å². The highest BCUT2D eigenvalue weighted by Crippen LogP contribution is 2.21. The molecule has 0 fully saturated rings. The molecule has 0 radical (unpaired) electrons. The minimum absolute atomic E-state index is 0.0868. The topological polar surface area (TPSA) is 51.1 Å². The number of aryl methyl sites for hydroxylation is 2. The van der Waals surface area contributed by atoms with Crippen LogP contribution in [0.25, 0.3) is 10.9 Å². The standard InChI is InChI=1S/C18H15ClN2O2/c1-11-5-3-6-12(9-11)20-18(23)14-10-21(2)16-13(17(14)22)7-4-8-15(16)19/h3-10H,1-2H3,(H,20,23). The summed E-state index contributed by atoms with van der Waals surface area (Å²) >= 11 is 6.15. The summed E-state index contributed by atoms with van der Waals surface area (Å²) in [5, 5.41) is 3.67. The first-order valence-corrected chi connectivity index (χ1v) is 7.51. The third kappa shape index (κ3) is 2.85. The number of benzene rings is 2. The lowest BCUT2D eigenvalue weighted by Crippen LogP contribution is -2.23. The highest BCUT2D eigenvalue weighted by molar-refractivity contribution is 6.35. The molecule has 1 amide bonds. The van der Waals surface area contributed by atoms with Gasteiger partial charge in [0.05, 0.1) is 10.5 Å². The Hall–Kier alpha value is -2.59. The molecular weight excluding hydrogens is 312 g/mol. The molecule has 0 spiro atoms. The maximum absolute atomic E-state index is 12.6. The van der Waals surface area contributed by atoms with Gasteiger partial charge in [-0.05, 0) is 36.8 Å². The number of hydrogen-bond acceptors (Lipinski definition) is 2. The molecule has 1 heterocycles. The summed E-state index contributed by atoms with van der Waals surface area (Å²) in [7, 11) is 1.76. The van der Waals surface area contributed by atoms with E-state index in [4.69, 9.17) is 11.6 Å². The van der Waals surface area contributed by atoms with Gasteiger partial charge < -0.3 is 9.88 Å². The van der Waals surface area contributed by atoms with Crippen LogP contribution in [0.5, 0.6) is 0 Å². The van der Waals surface area contributed by atoms with Crippen LogP contribution in [0.4, 0.5) is 5.69 Å². The van der Waals surface area contributed by atoms with Crippen molar-refractivity contribution in [1.29, 1.82) is 0 Å². The van der Waals surface area contributed by atoms with Crippen molar-refractivity contribution < 1.29 is 4.79 Å². The fraction of sp³-hybridized carbons (Fsp3) is 0.111. The van der Waals surface area contributed by atoms with E-state index in [9.17, 15) is 9.59 Å². The number of para-hydroxylation sites is 1. The lowest BCUT2D eigenvalue weighted by Gasteiger charge is -2.11. The summed E-state index contributed by atoms with van der Waals surface area (Å²) in [5.74, 6) is -0.432. The molecule has 0 bridgehead atoms. The van der Waals surface area contributed by atoms with Crippen LogP contribution in [0, 0.1) is 6.92 Å². The summed E-state index contributed by atoms with van der Waals surface area (Å²) in [5.41, 5.74) is 2.06. The molecule has 0 saturated carbocycles. The van der Waals surface area contributed by atoms with Gasteiger partial charge >= 0.3 is 0 Å². The molecule has 5 heteroatoms. The molecule has 1 aromatic heterocycles. The van der Waals surface area contributed by atoms with Gasteiger partial charge in [-0.2, -0.15) is 0 Å². The zero-order chi connectivity index (χ0) is 16.6. The second-order valence-electron chi connectivity index (χ2n) is 5.44. The lowest BCUT2D eigenvalue weighted by atomic mass is 10.1. The van der Waals surface area contributed by atoms with Gasteiger partial charge in [0.15, 0.2) is 0 Å². The number of nitrogens with one attached hydrogen (secondary N) is 1. The predicted octanol–water partition coefficient (Wildman–Crippen LogP) is 3.75. The normalized spacial score (nSPS) is 10.7. The van der Waals surface area contributed by atoms with Crippen LogP contribution in [0.3, 0.4) is 0 Å². The smallest absolute Gasteiger partial charge is 0.261 e. The minimum atomic E-state index is -0.432. The number of nitrogens with zero attached hydrogens (tertiary/aromatic N) is 1. The number of halogens is 1. The average molecular weight is 327 g/mol. The van der Waals surface area contributed by atoms with E-state index in [2.05, 4.69) is 5.32 Å². The van der Waals surface area contributed by atoms with Gasteiger partial charge in [0.25, 0.3) is 5.91 Å². The third-order valence-corrected chi connectivity index (χ3v) is 3.98. The Morgan fingerprint density at radius 2 is 1.91 bits per heavy atom. The Balaban J connectivity index is 2.08. The van der Waals surface area contributed by atoms with Gasteiger partial charge in [-0.15, -0.1) is 0 Å². The van der Waals surface area contributed by atoms with E-state index < -0.39 is 5.91 Å². The molecule has 2 aromatic carbocycles. The van der Waals surface area contributed by atoms with Gasteiger partial charge in [0.1, 0.15) is 5.56 Å². The average Bonchev–Trinajstić information content (AvgIpc) is 2.50. The molecule has 0 aliphatic carbocycles. The van der Waals surface area contributed by atoms with E-state index in [0.29, 0.717) is 21.6 Å². The van der Waals surface area contributed by atoms with E-state index in [-0.39, 0.29) is 11.0 Å². The molecule has 3 rings (SSSR count). The zero-order valence-electron chi connectivity index (χ0n) is 12.8. The number of amides is 1. The van der Waals surface area contributed by atoms with Gasteiger partial charge in [-0.3, -0.25) is 9.59 Å². The number of anilines is 1. The van der Waals surface area contributed by atoms with Crippen molar-refractivity contribution in [2.45, 2.75) is 6.92 Å². The monoisotopic (exact) mass is 326 g/mol. The SMILES string of the molecule is Cc1cccc(NC(=O)c2cn(C)c3c(Cl)cccc3c2=O)c1. The Bertz CT molecular complexity index is 976. The Morgan fingerprint density at radius 1 is 1.17 bits per heavy atom. The summed E-state index contributed by atoms with van der Waals surface area (Å²) in [6, 6.07) is 12.5. The van der Waals surface area contributed by atoms with Crippen LogP contribution >= 0.6 is 11.6 Å². The summed E-state index contributed by atoms with van der Waals surface area (Å²) in [6.45, 7) is 1.94. The molecule has 23 heavy (non-hydrogen) atoms. The minimum Gasteiger partial charge on any atom is -0.348 e. The molecule has 0 unspecified atom stereocenters. The summed E-state index contributed by atoms with van der Waals surface area (Å²) < 4.78 is 1.70. The molecule has 0 aliphatic heterocycles. The van der Waals surface area contributed by atoms with Crippen molar-refractivity contribution in [1.82, 2.24) is 4.57 Å². The molecule has 0 atom stereocenters. The van der Waals surface area contributed by atoms with Gasteiger partial charge in [-0.1, -0.05) is 29.8 Å².